The molecule has 1 aliphatic heterocycles. The van der Waals surface area contributed by atoms with Gasteiger partial charge in [0.25, 0.3) is 0 Å². The zero-order chi connectivity index (χ0) is 20.1. The molecule has 0 amide bonds. The number of methoxy groups -OCH3 is 1. The van der Waals surface area contributed by atoms with Gasteiger partial charge in [0, 0.05) is 19.6 Å². The van der Waals surface area contributed by atoms with E-state index in [1.54, 1.807) is 17.0 Å². The van der Waals surface area contributed by atoms with E-state index in [2.05, 4.69) is 15.3 Å². The lowest BCUT2D eigenvalue weighted by molar-refractivity contribution is -0.383. The molecule has 1 fully saturated rings. The molecule has 0 saturated carbocycles. The summed E-state index contributed by atoms with van der Waals surface area (Å²) in [5, 5.41) is 14.6. The van der Waals surface area contributed by atoms with Crippen LogP contribution in [0.4, 0.5) is 21.7 Å². The molecule has 1 aliphatic rings. The minimum absolute atomic E-state index is 0.0921. The highest BCUT2D eigenvalue weighted by molar-refractivity contribution is 5.74. The number of anilines is 2. The monoisotopic (exact) mass is 389 g/mol. The Kier molecular flexibility index (Phi) is 5.97. The Labute approximate surface area is 160 Å². The van der Waals surface area contributed by atoms with Gasteiger partial charge in [-0.05, 0) is 30.5 Å². The largest absolute Gasteiger partial charge is 0.469 e. The molecule has 2 heterocycles. The highest BCUT2D eigenvalue weighted by Gasteiger charge is 2.32. The lowest BCUT2D eigenvalue weighted by atomic mass is 9.97. The van der Waals surface area contributed by atoms with Gasteiger partial charge in [-0.3, -0.25) is 14.9 Å². The van der Waals surface area contributed by atoms with E-state index in [-0.39, 0.29) is 41.6 Å². The van der Waals surface area contributed by atoms with Crippen LogP contribution in [0.25, 0.3) is 0 Å². The minimum atomic E-state index is -0.519. The Morgan fingerprint density at radius 2 is 2.00 bits per heavy atom. The smallest absolute Gasteiger partial charge is 0.353 e. The Morgan fingerprint density at radius 1 is 1.32 bits per heavy atom. The molecule has 0 spiro atoms. The maximum Gasteiger partial charge on any atom is 0.353 e. The van der Waals surface area contributed by atoms with Gasteiger partial charge in [-0.15, -0.1) is 0 Å². The molecule has 28 heavy (non-hydrogen) atoms. The number of esters is 1. The average Bonchev–Trinajstić information content (AvgIpc) is 2.72. The van der Waals surface area contributed by atoms with E-state index in [1.807, 2.05) is 0 Å². The normalized spacial score (nSPS) is 14.6. The van der Waals surface area contributed by atoms with Crippen molar-refractivity contribution in [3.63, 3.8) is 0 Å². The molecule has 1 N–H and O–H groups in total. The number of nitrogens with one attached hydrogen (secondary N) is 1. The number of aromatic nitrogens is 2. The quantitative estimate of drug-likeness (QED) is 0.456. The molecular weight excluding hydrogens is 369 g/mol. The molecule has 9 nitrogen and oxygen atoms in total. The molecule has 0 unspecified atom stereocenters. The summed E-state index contributed by atoms with van der Waals surface area (Å²) >= 11 is 0. The van der Waals surface area contributed by atoms with Crippen LogP contribution in [0, 0.1) is 21.8 Å². The maximum absolute atomic E-state index is 13.0. The van der Waals surface area contributed by atoms with Gasteiger partial charge in [0.05, 0.1) is 18.0 Å². The van der Waals surface area contributed by atoms with Crippen LogP contribution < -0.4 is 10.2 Å². The van der Waals surface area contributed by atoms with Crippen molar-refractivity contribution in [2.75, 3.05) is 30.4 Å². The van der Waals surface area contributed by atoms with E-state index in [0.717, 1.165) is 5.56 Å². The van der Waals surface area contributed by atoms with Crippen molar-refractivity contribution >= 4 is 23.3 Å². The SMILES string of the molecule is COC(=O)C1CCN(c2ncnc(NCc3ccc(F)cc3)c2[N+](=O)[O-])CC1. The van der Waals surface area contributed by atoms with Crippen molar-refractivity contribution in [2.24, 2.45) is 5.92 Å². The van der Waals surface area contributed by atoms with Gasteiger partial charge in [0.2, 0.25) is 11.6 Å². The third-order valence-corrected chi connectivity index (χ3v) is 4.69. The fraction of sp³-hybridized carbons (Fsp3) is 0.389. The molecule has 3 rings (SSSR count). The van der Waals surface area contributed by atoms with Crippen LogP contribution in [0.2, 0.25) is 0 Å². The number of hydrogen-bond donors (Lipinski definition) is 1. The first-order chi connectivity index (χ1) is 13.5. The van der Waals surface area contributed by atoms with Gasteiger partial charge < -0.3 is 15.0 Å². The Balaban J connectivity index is 1.77. The third kappa shape index (κ3) is 4.33. The second-order valence-electron chi connectivity index (χ2n) is 6.42. The topological polar surface area (TPSA) is 110 Å². The predicted octanol–water partition coefficient (Wildman–Crippen LogP) is 2.53. The number of hydrogen-bond acceptors (Lipinski definition) is 8. The van der Waals surface area contributed by atoms with E-state index in [4.69, 9.17) is 4.74 Å². The standard InChI is InChI=1S/C18H20FN5O4/c1-28-18(25)13-6-8-23(9-7-13)17-15(24(26)27)16(21-11-22-17)20-10-12-2-4-14(19)5-3-12/h2-5,11,13H,6-10H2,1H3,(H,20,21,22). The van der Waals surface area contributed by atoms with E-state index < -0.39 is 4.92 Å². The van der Waals surface area contributed by atoms with Crippen molar-refractivity contribution in [2.45, 2.75) is 19.4 Å². The minimum Gasteiger partial charge on any atom is -0.469 e. The van der Waals surface area contributed by atoms with E-state index in [9.17, 15) is 19.3 Å². The molecule has 1 saturated heterocycles. The summed E-state index contributed by atoms with van der Waals surface area (Å²) in [7, 11) is 1.35. The lowest BCUT2D eigenvalue weighted by Gasteiger charge is -2.31. The fourth-order valence-corrected chi connectivity index (χ4v) is 3.18. The van der Waals surface area contributed by atoms with E-state index >= 15 is 0 Å². The lowest BCUT2D eigenvalue weighted by Crippen LogP contribution is -2.37. The number of halogens is 1. The van der Waals surface area contributed by atoms with Crippen LogP contribution >= 0.6 is 0 Å². The number of ether oxygens (including phenoxy) is 1. The summed E-state index contributed by atoms with van der Waals surface area (Å²) in [6.07, 6.45) is 2.33. The molecule has 2 aromatic rings. The van der Waals surface area contributed by atoms with Crippen LogP contribution in [0.5, 0.6) is 0 Å². The first-order valence-corrected chi connectivity index (χ1v) is 8.80. The molecule has 0 aliphatic carbocycles. The maximum atomic E-state index is 13.0. The molecule has 10 heteroatoms. The summed E-state index contributed by atoms with van der Waals surface area (Å²) in [5.41, 5.74) is 0.538. The number of piperidine rings is 1. The van der Waals surface area contributed by atoms with Crippen molar-refractivity contribution < 1.29 is 18.8 Å². The zero-order valence-electron chi connectivity index (χ0n) is 15.3. The molecular formula is C18H20FN5O4. The molecule has 148 valence electrons. The van der Waals surface area contributed by atoms with Gasteiger partial charge in [-0.2, -0.15) is 0 Å². The van der Waals surface area contributed by atoms with Gasteiger partial charge in [0.15, 0.2) is 0 Å². The van der Waals surface area contributed by atoms with Crippen molar-refractivity contribution in [1.29, 1.82) is 0 Å². The number of nitro groups is 1. The predicted molar refractivity (Wildman–Crippen MR) is 99.4 cm³/mol. The number of benzene rings is 1. The Bertz CT molecular complexity index is 854. The molecule has 1 aromatic carbocycles. The highest BCUT2D eigenvalue weighted by Crippen LogP contribution is 2.34. The Morgan fingerprint density at radius 3 is 2.61 bits per heavy atom. The summed E-state index contributed by atoms with van der Waals surface area (Å²) in [6.45, 7) is 1.16. The molecule has 0 radical (unpaired) electrons. The zero-order valence-corrected chi connectivity index (χ0v) is 15.3. The molecule has 0 bridgehead atoms. The van der Waals surface area contributed by atoms with Crippen LogP contribution in [0.1, 0.15) is 18.4 Å². The molecule has 1 aromatic heterocycles. The van der Waals surface area contributed by atoms with Crippen LogP contribution in [-0.4, -0.2) is 41.1 Å². The van der Waals surface area contributed by atoms with Crippen LogP contribution in [0.15, 0.2) is 30.6 Å². The number of rotatable bonds is 6. The summed E-state index contributed by atoms with van der Waals surface area (Å²) < 4.78 is 17.8. The average molecular weight is 389 g/mol. The first kappa shape index (κ1) is 19.5. The number of carbonyl (C=O) groups excluding carboxylic acids is 1. The summed E-state index contributed by atoms with van der Waals surface area (Å²) in [5.74, 6) is -0.523. The van der Waals surface area contributed by atoms with Crippen LogP contribution in [0.3, 0.4) is 0 Å². The van der Waals surface area contributed by atoms with Crippen molar-refractivity contribution in [3.8, 4) is 0 Å². The number of nitrogens with zero attached hydrogens (tertiary/aromatic N) is 4. The van der Waals surface area contributed by atoms with E-state index in [0.29, 0.717) is 25.9 Å². The second-order valence-corrected chi connectivity index (χ2v) is 6.42. The van der Waals surface area contributed by atoms with Gasteiger partial charge >= 0.3 is 11.7 Å². The Hall–Kier alpha value is -3.30. The summed E-state index contributed by atoms with van der Waals surface area (Å²) in [4.78, 5) is 32.7. The first-order valence-electron chi connectivity index (χ1n) is 8.80. The van der Waals surface area contributed by atoms with Gasteiger partial charge in [-0.1, -0.05) is 12.1 Å². The van der Waals surface area contributed by atoms with Gasteiger partial charge in [0.1, 0.15) is 12.1 Å². The van der Waals surface area contributed by atoms with Crippen molar-refractivity contribution in [3.05, 3.63) is 52.1 Å². The summed E-state index contributed by atoms with van der Waals surface area (Å²) in [6, 6.07) is 5.83. The third-order valence-electron chi connectivity index (χ3n) is 4.69. The van der Waals surface area contributed by atoms with E-state index in [1.165, 1.54) is 25.6 Å². The highest BCUT2D eigenvalue weighted by atomic mass is 19.1. The van der Waals surface area contributed by atoms with Crippen LogP contribution in [-0.2, 0) is 16.1 Å². The molecule has 0 atom stereocenters. The van der Waals surface area contributed by atoms with Gasteiger partial charge in [-0.25, -0.2) is 14.4 Å². The second kappa shape index (κ2) is 8.59. The number of carbonyl (C=O) groups is 1. The fourth-order valence-electron chi connectivity index (χ4n) is 3.18. The van der Waals surface area contributed by atoms with Crippen molar-refractivity contribution in [1.82, 2.24) is 9.97 Å².